The monoisotopic (exact) mass is 291 g/mol. The number of anilines is 1. The minimum Gasteiger partial charge on any atom is -0.384 e. The second-order valence-electron chi connectivity index (χ2n) is 3.51. The maximum Gasteiger partial charge on any atom is 0.268 e. The van der Waals surface area contributed by atoms with Gasteiger partial charge < -0.3 is 5.73 Å². The number of hydrogen-bond acceptors (Lipinski definition) is 2. The molecule has 0 bridgehead atoms. The molecule has 0 saturated heterocycles. The second kappa shape index (κ2) is 4.64. The second-order valence-corrected chi connectivity index (χ2v) is 4.70. The lowest BCUT2D eigenvalue weighted by Crippen LogP contribution is -2.16. The molecule has 90 valence electrons. The smallest absolute Gasteiger partial charge is 0.268 e. The zero-order valence-corrected chi connectivity index (χ0v) is 10.8. The largest absolute Gasteiger partial charge is 0.384 e. The van der Waals surface area contributed by atoms with E-state index in [0.29, 0.717) is 27.4 Å². The molecule has 1 heterocycles. The molecule has 0 unspecified atom stereocenters. The quantitative estimate of drug-likeness (QED) is 0.836. The van der Waals surface area contributed by atoms with Crippen LogP contribution in [0.25, 0.3) is 0 Å². The molecule has 0 saturated carbocycles. The Morgan fingerprint density at radius 3 is 2.24 bits per heavy atom. The molecule has 2 aromatic rings. The van der Waals surface area contributed by atoms with Gasteiger partial charge in [0, 0.05) is 6.07 Å². The summed E-state index contributed by atoms with van der Waals surface area (Å²) in [5, 5.41) is 3.71. The fourth-order valence-electron chi connectivity index (χ4n) is 1.45. The zero-order chi connectivity index (χ0) is 12.6. The standard InChI is InChI=1S/C10H8Cl3N3O/c11-6-1-5(2-7(12)10(6)13)4-16-9(17)3-8(14)15-16/h1-3,15H,4,14H2. The number of nitrogens with one attached hydrogen (secondary N) is 1. The lowest BCUT2D eigenvalue weighted by molar-refractivity contribution is 0.667. The highest BCUT2D eigenvalue weighted by molar-refractivity contribution is 6.48. The van der Waals surface area contributed by atoms with E-state index in [4.69, 9.17) is 40.5 Å². The minimum absolute atomic E-state index is 0.218. The SMILES string of the molecule is Nc1cc(=O)n(Cc2cc(Cl)c(Cl)c(Cl)c2)[nH]1. The Morgan fingerprint density at radius 2 is 1.76 bits per heavy atom. The molecule has 7 heteroatoms. The summed E-state index contributed by atoms with van der Waals surface area (Å²) in [6.07, 6.45) is 0. The number of rotatable bonds is 2. The number of nitrogen functional groups attached to an aromatic ring is 1. The third-order valence-electron chi connectivity index (χ3n) is 2.19. The van der Waals surface area contributed by atoms with Gasteiger partial charge in [0.05, 0.1) is 21.6 Å². The first-order valence-electron chi connectivity index (χ1n) is 4.66. The van der Waals surface area contributed by atoms with Crippen molar-refractivity contribution in [1.29, 1.82) is 0 Å². The molecule has 0 spiro atoms. The van der Waals surface area contributed by atoms with E-state index >= 15 is 0 Å². The lowest BCUT2D eigenvalue weighted by atomic mass is 10.2. The molecular weight excluding hydrogens is 284 g/mol. The van der Waals surface area contributed by atoms with Crippen LogP contribution >= 0.6 is 34.8 Å². The maximum atomic E-state index is 11.4. The molecule has 0 fully saturated rings. The first kappa shape index (κ1) is 12.4. The van der Waals surface area contributed by atoms with Gasteiger partial charge in [-0.1, -0.05) is 34.8 Å². The number of benzene rings is 1. The molecule has 1 aromatic heterocycles. The summed E-state index contributed by atoms with van der Waals surface area (Å²) in [5.41, 5.74) is 6.01. The molecule has 0 radical (unpaired) electrons. The minimum atomic E-state index is -0.218. The van der Waals surface area contributed by atoms with Crippen LogP contribution in [0.1, 0.15) is 5.56 Å². The molecule has 0 aliphatic heterocycles. The molecule has 3 N–H and O–H groups in total. The summed E-state index contributed by atoms with van der Waals surface area (Å²) in [7, 11) is 0. The summed E-state index contributed by atoms with van der Waals surface area (Å²) in [6, 6.07) is 4.61. The molecular formula is C10H8Cl3N3O. The van der Waals surface area contributed by atoms with Crippen molar-refractivity contribution >= 4 is 40.6 Å². The highest BCUT2D eigenvalue weighted by atomic mass is 35.5. The van der Waals surface area contributed by atoms with Crippen LogP contribution in [-0.4, -0.2) is 9.78 Å². The first-order valence-corrected chi connectivity index (χ1v) is 5.79. The third kappa shape index (κ3) is 2.60. The van der Waals surface area contributed by atoms with Crippen LogP contribution in [0, 0.1) is 0 Å². The molecule has 0 amide bonds. The van der Waals surface area contributed by atoms with Crippen molar-refractivity contribution < 1.29 is 0 Å². The van der Waals surface area contributed by atoms with Gasteiger partial charge in [-0.3, -0.25) is 9.89 Å². The van der Waals surface area contributed by atoms with Gasteiger partial charge in [-0.15, -0.1) is 0 Å². The first-order chi connectivity index (χ1) is 7.97. The highest BCUT2D eigenvalue weighted by Crippen LogP contribution is 2.31. The predicted octanol–water partition coefficient (Wildman–Crippen LogP) is 2.77. The van der Waals surface area contributed by atoms with Crippen LogP contribution in [0.2, 0.25) is 15.1 Å². The van der Waals surface area contributed by atoms with E-state index in [1.807, 2.05) is 0 Å². The van der Waals surface area contributed by atoms with Crippen LogP contribution in [0.5, 0.6) is 0 Å². The number of halogens is 3. The maximum absolute atomic E-state index is 11.4. The van der Waals surface area contributed by atoms with E-state index < -0.39 is 0 Å². The van der Waals surface area contributed by atoms with Crippen LogP contribution in [0.15, 0.2) is 23.0 Å². The van der Waals surface area contributed by atoms with E-state index in [9.17, 15) is 4.79 Å². The van der Waals surface area contributed by atoms with Crippen molar-refractivity contribution in [3.63, 3.8) is 0 Å². The zero-order valence-electron chi connectivity index (χ0n) is 8.51. The van der Waals surface area contributed by atoms with Crippen LogP contribution in [0.4, 0.5) is 5.82 Å². The van der Waals surface area contributed by atoms with Gasteiger partial charge in [-0.05, 0) is 17.7 Å². The molecule has 0 aliphatic rings. The molecule has 0 aliphatic carbocycles. The van der Waals surface area contributed by atoms with Crippen LogP contribution in [-0.2, 0) is 6.54 Å². The van der Waals surface area contributed by atoms with Crippen molar-refractivity contribution in [3.8, 4) is 0 Å². The van der Waals surface area contributed by atoms with E-state index in [1.54, 1.807) is 12.1 Å². The normalized spacial score (nSPS) is 10.8. The fraction of sp³-hybridized carbons (Fsp3) is 0.100. The van der Waals surface area contributed by atoms with Crippen LogP contribution < -0.4 is 11.3 Å². The van der Waals surface area contributed by atoms with E-state index in [0.717, 1.165) is 5.56 Å². The number of hydrogen-bond donors (Lipinski definition) is 2. The van der Waals surface area contributed by atoms with E-state index in [-0.39, 0.29) is 5.56 Å². The van der Waals surface area contributed by atoms with Crippen molar-refractivity contribution in [2.24, 2.45) is 0 Å². The Labute approximate surface area is 112 Å². The summed E-state index contributed by atoms with van der Waals surface area (Å²) in [6.45, 7) is 0.298. The van der Waals surface area contributed by atoms with Gasteiger partial charge in [-0.25, -0.2) is 4.68 Å². The third-order valence-corrected chi connectivity index (χ3v) is 3.39. The van der Waals surface area contributed by atoms with E-state index in [1.165, 1.54) is 10.7 Å². The number of H-pyrrole nitrogens is 1. The van der Waals surface area contributed by atoms with Crippen molar-refractivity contribution in [2.45, 2.75) is 6.54 Å². The Balaban J connectivity index is 2.37. The Bertz CT molecular complexity index is 594. The van der Waals surface area contributed by atoms with Gasteiger partial charge in [0.15, 0.2) is 0 Å². The van der Waals surface area contributed by atoms with Gasteiger partial charge >= 0.3 is 0 Å². The van der Waals surface area contributed by atoms with Gasteiger partial charge in [-0.2, -0.15) is 0 Å². The summed E-state index contributed by atoms with van der Waals surface area (Å²) in [5.74, 6) is 0.307. The molecule has 0 atom stereocenters. The van der Waals surface area contributed by atoms with Gasteiger partial charge in [0.25, 0.3) is 5.56 Å². The summed E-state index contributed by atoms with van der Waals surface area (Å²) < 4.78 is 1.35. The highest BCUT2D eigenvalue weighted by Gasteiger charge is 2.07. The summed E-state index contributed by atoms with van der Waals surface area (Å²) in [4.78, 5) is 11.4. The van der Waals surface area contributed by atoms with Crippen molar-refractivity contribution in [1.82, 2.24) is 9.78 Å². The Kier molecular flexibility index (Phi) is 3.38. The lowest BCUT2D eigenvalue weighted by Gasteiger charge is -2.05. The molecule has 4 nitrogen and oxygen atoms in total. The van der Waals surface area contributed by atoms with E-state index in [2.05, 4.69) is 5.10 Å². The average molecular weight is 293 g/mol. The van der Waals surface area contributed by atoms with Crippen molar-refractivity contribution in [3.05, 3.63) is 49.2 Å². The van der Waals surface area contributed by atoms with Crippen molar-refractivity contribution in [2.75, 3.05) is 5.73 Å². The average Bonchev–Trinajstić information content (AvgIpc) is 2.54. The molecule has 2 rings (SSSR count). The number of nitrogens with two attached hydrogens (primary N) is 1. The topological polar surface area (TPSA) is 63.8 Å². The molecule has 17 heavy (non-hydrogen) atoms. The number of aromatic amines is 1. The summed E-state index contributed by atoms with van der Waals surface area (Å²) >= 11 is 17.6. The predicted molar refractivity (Wildman–Crippen MR) is 70.0 cm³/mol. The number of aromatic nitrogens is 2. The Morgan fingerprint density at radius 1 is 1.18 bits per heavy atom. The Hall–Kier alpha value is -1.10. The van der Waals surface area contributed by atoms with Gasteiger partial charge in [0.1, 0.15) is 5.82 Å². The van der Waals surface area contributed by atoms with Crippen LogP contribution in [0.3, 0.4) is 0 Å². The number of nitrogens with zero attached hydrogens (tertiary/aromatic N) is 1. The molecule has 1 aromatic carbocycles. The fourth-order valence-corrected chi connectivity index (χ4v) is 2.09. The van der Waals surface area contributed by atoms with Gasteiger partial charge in [0.2, 0.25) is 0 Å².